The topological polar surface area (TPSA) is 50.7 Å². The van der Waals surface area contributed by atoms with Crippen LogP contribution in [0.3, 0.4) is 0 Å². The van der Waals surface area contributed by atoms with Crippen molar-refractivity contribution in [2.45, 2.75) is 13.5 Å². The van der Waals surface area contributed by atoms with Gasteiger partial charge in [0, 0.05) is 11.9 Å². The molecule has 2 heterocycles. The fraction of sp³-hybridized carbons (Fsp3) is 0.143. The SMILES string of the molecule is Cc1cc2cccc(F)c2c(=O)n1Cc1cnc[nH]1. The maximum atomic E-state index is 13.8. The van der Waals surface area contributed by atoms with Crippen molar-refractivity contribution in [1.82, 2.24) is 14.5 Å². The van der Waals surface area contributed by atoms with Crippen LogP contribution in [0.1, 0.15) is 11.4 Å². The molecule has 3 rings (SSSR count). The minimum Gasteiger partial charge on any atom is -0.347 e. The lowest BCUT2D eigenvalue weighted by Crippen LogP contribution is -2.23. The zero-order chi connectivity index (χ0) is 13.4. The first-order chi connectivity index (χ1) is 9.16. The molecule has 0 fully saturated rings. The molecule has 0 aliphatic heterocycles. The Morgan fingerprint density at radius 3 is 3.00 bits per heavy atom. The number of imidazole rings is 1. The average molecular weight is 257 g/mol. The number of hydrogen-bond acceptors (Lipinski definition) is 2. The zero-order valence-corrected chi connectivity index (χ0v) is 10.4. The molecule has 0 atom stereocenters. The molecule has 1 aromatic carbocycles. The van der Waals surface area contributed by atoms with Crippen molar-refractivity contribution < 1.29 is 4.39 Å². The predicted molar refractivity (Wildman–Crippen MR) is 70.6 cm³/mol. The van der Waals surface area contributed by atoms with E-state index in [1.807, 2.05) is 13.0 Å². The molecular weight excluding hydrogens is 245 g/mol. The van der Waals surface area contributed by atoms with E-state index >= 15 is 0 Å². The van der Waals surface area contributed by atoms with Gasteiger partial charge in [-0.3, -0.25) is 4.79 Å². The minimum atomic E-state index is -0.485. The first-order valence-electron chi connectivity index (χ1n) is 5.93. The van der Waals surface area contributed by atoms with Crippen LogP contribution < -0.4 is 5.56 Å². The van der Waals surface area contributed by atoms with Crippen LogP contribution in [0.4, 0.5) is 4.39 Å². The van der Waals surface area contributed by atoms with Gasteiger partial charge in [0.1, 0.15) is 5.82 Å². The number of fused-ring (bicyclic) bond motifs is 1. The largest absolute Gasteiger partial charge is 0.347 e. The quantitative estimate of drug-likeness (QED) is 0.765. The highest BCUT2D eigenvalue weighted by Gasteiger charge is 2.11. The van der Waals surface area contributed by atoms with Crippen molar-refractivity contribution in [2.75, 3.05) is 0 Å². The number of aryl methyl sites for hydroxylation is 1. The highest BCUT2D eigenvalue weighted by atomic mass is 19.1. The van der Waals surface area contributed by atoms with Crippen LogP contribution in [0.2, 0.25) is 0 Å². The molecule has 1 N–H and O–H groups in total. The molecule has 0 saturated carbocycles. The van der Waals surface area contributed by atoms with Crippen LogP contribution in [0.15, 0.2) is 41.6 Å². The standard InChI is InChI=1S/C14H12FN3O/c1-9-5-10-3-2-4-12(15)13(10)14(19)18(9)7-11-6-16-8-17-11/h2-6,8H,7H2,1H3,(H,16,17). The van der Waals surface area contributed by atoms with Crippen molar-refractivity contribution in [3.63, 3.8) is 0 Å². The lowest BCUT2D eigenvalue weighted by atomic mass is 10.1. The summed E-state index contributed by atoms with van der Waals surface area (Å²) in [6, 6.07) is 6.47. The summed E-state index contributed by atoms with van der Waals surface area (Å²) in [4.78, 5) is 19.2. The highest BCUT2D eigenvalue weighted by molar-refractivity contribution is 5.82. The lowest BCUT2D eigenvalue weighted by molar-refractivity contribution is 0.634. The first-order valence-corrected chi connectivity index (χ1v) is 5.93. The summed E-state index contributed by atoms with van der Waals surface area (Å²) < 4.78 is 15.3. The van der Waals surface area contributed by atoms with Gasteiger partial charge in [-0.15, -0.1) is 0 Å². The summed E-state index contributed by atoms with van der Waals surface area (Å²) in [5.41, 5.74) is 1.28. The van der Waals surface area contributed by atoms with E-state index in [4.69, 9.17) is 0 Å². The zero-order valence-electron chi connectivity index (χ0n) is 10.4. The molecule has 5 heteroatoms. The fourth-order valence-corrected chi connectivity index (χ4v) is 2.22. The molecular formula is C14H12FN3O. The van der Waals surface area contributed by atoms with Crippen LogP contribution in [0.5, 0.6) is 0 Å². The van der Waals surface area contributed by atoms with Crippen LogP contribution in [0, 0.1) is 12.7 Å². The van der Waals surface area contributed by atoms with E-state index < -0.39 is 5.82 Å². The summed E-state index contributed by atoms with van der Waals surface area (Å²) in [5, 5.41) is 0.760. The molecule has 0 aliphatic rings. The van der Waals surface area contributed by atoms with E-state index in [2.05, 4.69) is 9.97 Å². The molecule has 2 aromatic heterocycles. The van der Waals surface area contributed by atoms with Crippen molar-refractivity contribution in [1.29, 1.82) is 0 Å². The van der Waals surface area contributed by atoms with Gasteiger partial charge in [0.2, 0.25) is 0 Å². The molecule has 0 saturated heterocycles. The normalized spacial score (nSPS) is 11.1. The van der Waals surface area contributed by atoms with Gasteiger partial charge >= 0.3 is 0 Å². The van der Waals surface area contributed by atoms with Crippen molar-refractivity contribution >= 4 is 10.8 Å². The van der Waals surface area contributed by atoms with E-state index in [0.29, 0.717) is 11.9 Å². The Hall–Kier alpha value is -2.43. The summed E-state index contributed by atoms with van der Waals surface area (Å²) in [7, 11) is 0. The summed E-state index contributed by atoms with van der Waals surface area (Å²) >= 11 is 0. The van der Waals surface area contributed by atoms with Crippen LogP contribution in [0.25, 0.3) is 10.8 Å². The summed E-state index contributed by atoms with van der Waals surface area (Å²) in [6.07, 6.45) is 3.20. The number of aromatic nitrogens is 3. The Bertz CT molecular complexity index is 790. The second kappa shape index (κ2) is 4.35. The number of rotatable bonds is 2. The third-order valence-electron chi connectivity index (χ3n) is 3.18. The van der Waals surface area contributed by atoms with E-state index in [1.165, 1.54) is 6.07 Å². The molecule has 4 nitrogen and oxygen atoms in total. The Labute approximate surface area is 108 Å². The third kappa shape index (κ3) is 1.93. The van der Waals surface area contributed by atoms with Gasteiger partial charge in [0.05, 0.1) is 24.0 Å². The Morgan fingerprint density at radius 1 is 1.42 bits per heavy atom. The van der Waals surface area contributed by atoms with Gasteiger partial charge in [0.25, 0.3) is 5.56 Å². The predicted octanol–water partition coefficient (Wildman–Crippen LogP) is 2.22. The second-order valence-electron chi connectivity index (χ2n) is 4.46. The molecule has 0 radical (unpaired) electrons. The van der Waals surface area contributed by atoms with E-state index in [-0.39, 0.29) is 10.9 Å². The highest BCUT2D eigenvalue weighted by Crippen LogP contribution is 2.15. The molecule has 96 valence electrons. The Balaban J connectivity index is 2.25. The number of benzene rings is 1. The van der Waals surface area contributed by atoms with E-state index in [1.54, 1.807) is 29.2 Å². The average Bonchev–Trinajstić information content (AvgIpc) is 2.87. The first kappa shape index (κ1) is 11.6. The van der Waals surface area contributed by atoms with Gasteiger partial charge < -0.3 is 9.55 Å². The summed E-state index contributed by atoms with van der Waals surface area (Å²) in [6.45, 7) is 2.19. The van der Waals surface area contributed by atoms with Crippen molar-refractivity contribution in [3.05, 3.63) is 64.3 Å². The van der Waals surface area contributed by atoms with Crippen molar-refractivity contribution in [3.8, 4) is 0 Å². The number of pyridine rings is 1. The number of nitrogens with one attached hydrogen (secondary N) is 1. The number of hydrogen-bond donors (Lipinski definition) is 1. The maximum Gasteiger partial charge on any atom is 0.261 e. The molecule has 19 heavy (non-hydrogen) atoms. The van der Waals surface area contributed by atoms with Gasteiger partial charge in [-0.1, -0.05) is 12.1 Å². The number of aromatic amines is 1. The molecule has 0 bridgehead atoms. The van der Waals surface area contributed by atoms with Gasteiger partial charge in [0.15, 0.2) is 0 Å². The Kier molecular flexibility index (Phi) is 2.67. The fourth-order valence-electron chi connectivity index (χ4n) is 2.22. The molecule has 0 unspecified atom stereocenters. The lowest BCUT2D eigenvalue weighted by Gasteiger charge is -2.10. The molecule has 0 spiro atoms. The van der Waals surface area contributed by atoms with Gasteiger partial charge in [-0.05, 0) is 24.4 Å². The van der Waals surface area contributed by atoms with E-state index in [0.717, 1.165) is 11.4 Å². The third-order valence-corrected chi connectivity index (χ3v) is 3.18. The molecule has 0 aliphatic carbocycles. The number of halogens is 1. The maximum absolute atomic E-state index is 13.8. The van der Waals surface area contributed by atoms with Crippen LogP contribution in [-0.4, -0.2) is 14.5 Å². The van der Waals surface area contributed by atoms with E-state index in [9.17, 15) is 9.18 Å². The van der Waals surface area contributed by atoms with Crippen LogP contribution >= 0.6 is 0 Å². The number of H-pyrrole nitrogens is 1. The van der Waals surface area contributed by atoms with Gasteiger partial charge in [-0.2, -0.15) is 0 Å². The van der Waals surface area contributed by atoms with Gasteiger partial charge in [-0.25, -0.2) is 9.37 Å². The summed E-state index contributed by atoms with van der Waals surface area (Å²) in [5.74, 6) is -0.485. The minimum absolute atomic E-state index is 0.132. The number of nitrogens with zero attached hydrogens (tertiary/aromatic N) is 2. The molecule has 0 amide bonds. The van der Waals surface area contributed by atoms with Crippen molar-refractivity contribution in [2.24, 2.45) is 0 Å². The second-order valence-corrected chi connectivity index (χ2v) is 4.46. The van der Waals surface area contributed by atoms with Crippen LogP contribution in [-0.2, 0) is 6.54 Å². The monoisotopic (exact) mass is 257 g/mol. The smallest absolute Gasteiger partial charge is 0.261 e. The molecule has 3 aromatic rings. The Morgan fingerprint density at radius 2 is 2.26 bits per heavy atom.